The number of hydrogen-bond acceptors (Lipinski definition) is 2. The largest absolute Gasteiger partial charge is 0.308 e. The molecule has 2 aromatic rings. The summed E-state index contributed by atoms with van der Waals surface area (Å²) in [6, 6.07) is 17.3. The topological polar surface area (TPSA) is 12.0 Å². The summed E-state index contributed by atoms with van der Waals surface area (Å²) >= 11 is 5.35. The summed E-state index contributed by atoms with van der Waals surface area (Å²) < 4.78 is 1.13. The van der Waals surface area contributed by atoms with Gasteiger partial charge in [-0.2, -0.15) is 0 Å². The number of halogens is 1. The highest BCUT2D eigenvalue weighted by molar-refractivity contribution is 9.10. The van der Waals surface area contributed by atoms with Crippen LogP contribution in [0.5, 0.6) is 0 Å². The Kier molecular flexibility index (Phi) is 5.91. The summed E-state index contributed by atoms with van der Waals surface area (Å²) in [7, 11) is 0. The first-order chi connectivity index (χ1) is 9.92. The molecule has 0 atom stereocenters. The fourth-order valence-electron chi connectivity index (χ4n) is 1.86. The van der Waals surface area contributed by atoms with E-state index in [2.05, 4.69) is 90.5 Å². The second kappa shape index (κ2) is 7.48. The number of thioether (sulfide) groups is 1. The Hall–Kier alpha value is -0.770. The van der Waals surface area contributed by atoms with E-state index in [9.17, 15) is 0 Å². The van der Waals surface area contributed by atoms with E-state index in [0.717, 1.165) is 16.8 Å². The van der Waals surface area contributed by atoms with Gasteiger partial charge >= 0.3 is 0 Å². The fraction of sp³-hybridized carbons (Fsp3) is 0.333. The molecule has 0 aliphatic rings. The van der Waals surface area contributed by atoms with Crippen molar-refractivity contribution in [2.75, 3.05) is 0 Å². The van der Waals surface area contributed by atoms with Crippen molar-refractivity contribution in [3.63, 3.8) is 0 Å². The highest BCUT2D eigenvalue weighted by Crippen LogP contribution is 2.24. The van der Waals surface area contributed by atoms with E-state index in [1.54, 1.807) is 0 Å². The van der Waals surface area contributed by atoms with Crippen LogP contribution in [0.3, 0.4) is 0 Å². The normalized spacial score (nSPS) is 11.6. The highest BCUT2D eigenvalue weighted by atomic mass is 79.9. The second-order valence-electron chi connectivity index (χ2n) is 6.17. The van der Waals surface area contributed by atoms with E-state index in [4.69, 9.17) is 0 Å². The van der Waals surface area contributed by atoms with Crippen molar-refractivity contribution in [3.8, 4) is 0 Å². The van der Waals surface area contributed by atoms with Gasteiger partial charge in [-0.15, -0.1) is 11.8 Å². The summed E-state index contributed by atoms with van der Waals surface area (Å²) in [5.41, 5.74) is 2.84. The molecule has 0 aromatic heterocycles. The molecule has 112 valence electrons. The van der Waals surface area contributed by atoms with Crippen molar-refractivity contribution in [1.29, 1.82) is 0 Å². The number of rotatable bonds is 5. The van der Waals surface area contributed by atoms with Gasteiger partial charge in [0.25, 0.3) is 0 Å². The average molecular weight is 364 g/mol. The Labute approximate surface area is 140 Å². The third-order valence-electron chi connectivity index (χ3n) is 3.04. The maximum absolute atomic E-state index is 3.53. The molecule has 0 bridgehead atoms. The molecule has 21 heavy (non-hydrogen) atoms. The third kappa shape index (κ3) is 6.25. The van der Waals surface area contributed by atoms with Gasteiger partial charge in [-0.1, -0.05) is 40.2 Å². The SMILES string of the molecule is CC(C)(C)NCc1cccc(SCc2ccc(Br)cc2)c1. The third-order valence-corrected chi connectivity index (χ3v) is 4.63. The van der Waals surface area contributed by atoms with Crippen molar-refractivity contribution in [2.24, 2.45) is 0 Å². The van der Waals surface area contributed by atoms with Gasteiger partial charge in [-0.05, 0) is 56.2 Å². The van der Waals surface area contributed by atoms with Crippen LogP contribution >= 0.6 is 27.7 Å². The van der Waals surface area contributed by atoms with Crippen LogP contribution in [0, 0.1) is 0 Å². The molecule has 0 fully saturated rings. The van der Waals surface area contributed by atoms with Gasteiger partial charge in [0.05, 0.1) is 0 Å². The summed E-state index contributed by atoms with van der Waals surface area (Å²) in [5, 5.41) is 3.53. The summed E-state index contributed by atoms with van der Waals surface area (Å²) in [6.07, 6.45) is 0. The van der Waals surface area contributed by atoms with Crippen LogP contribution in [0.2, 0.25) is 0 Å². The van der Waals surface area contributed by atoms with Crippen molar-refractivity contribution >= 4 is 27.7 Å². The van der Waals surface area contributed by atoms with Gasteiger partial charge in [0.15, 0.2) is 0 Å². The lowest BCUT2D eigenvalue weighted by molar-refractivity contribution is 0.424. The number of hydrogen-bond donors (Lipinski definition) is 1. The molecule has 0 aliphatic carbocycles. The molecule has 1 nitrogen and oxygen atoms in total. The molecule has 0 saturated heterocycles. The summed E-state index contributed by atoms with van der Waals surface area (Å²) in [6.45, 7) is 7.49. The Morgan fingerprint density at radius 2 is 1.71 bits per heavy atom. The minimum atomic E-state index is 0.153. The minimum Gasteiger partial charge on any atom is -0.308 e. The van der Waals surface area contributed by atoms with E-state index in [1.165, 1.54) is 16.0 Å². The lowest BCUT2D eigenvalue weighted by Crippen LogP contribution is -2.35. The first-order valence-electron chi connectivity index (χ1n) is 7.14. The molecule has 1 N–H and O–H groups in total. The lowest BCUT2D eigenvalue weighted by Gasteiger charge is -2.20. The van der Waals surface area contributed by atoms with Crippen molar-refractivity contribution in [2.45, 2.75) is 43.5 Å². The van der Waals surface area contributed by atoms with Gasteiger partial charge in [-0.25, -0.2) is 0 Å². The zero-order valence-corrected chi connectivity index (χ0v) is 15.2. The highest BCUT2D eigenvalue weighted by Gasteiger charge is 2.08. The average Bonchev–Trinajstić information content (AvgIpc) is 2.44. The van der Waals surface area contributed by atoms with Crippen LogP contribution in [0.25, 0.3) is 0 Å². The van der Waals surface area contributed by atoms with Crippen LogP contribution in [0.1, 0.15) is 31.9 Å². The van der Waals surface area contributed by atoms with E-state index in [-0.39, 0.29) is 5.54 Å². The fourth-order valence-corrected chi connectivity index (χ4v) is 3.06. The Bertz CT molecular complexity index is 573. The molecule has 2 rings (SSSR count). The van der Waals surface area contributed by atoms with Crippen molar-refractivity contribution < 1.29 is 0 Å². The molecule has 0 heterocycles. The molecule has 0 radical (unpaired) electrons. The van der Waals surface area contributed by atoms with Gasteiger partial charge in [0.2, 0.25) is 0 Å². The lowest BCUT2D eigenvalue weighted by atomic mass is 10.1. The minimum absolute atomic E-state index is 0.153. The predicted molar refractivity (Wildman–Crippen MR) is 96.7 cm³/mol. The molecule has 0 saturated carbocycles. The standard InChI is InChI=1S/C18H22BrNS/c1-18(2,3)20-12-15-5-4-6-17(11-15)21-13-14-7-9-16(19)10-8-14/h4-11,20H,12-13H2,1-3H3. The van der Waals surface area contributed by atoms with Crippen LogP contribution in [0.4, 0.5) is 0 Å². The van der Waals surface area contributed by atoms with E-state index in [0.29, 0.717) is 0 Å². The number of nitrogens with one attached hydrogen (secondary N) is 1. The number of benzene rings is 2. The van der Waals surface area contributed by atoms with Gasteiger partial charge in [-0.3, -0.25) is 0 Å². The Morgan fingerprint density at radius 3 is 2.38 bits per heavy atom. The zero-order valence-electron chi connectivity index (χ0n) is 12.8. The molecule has 3 heteroatoms. The summed E-state index contributed by atoms with van der Waals surface area (Å²) in [5.74, 6) is 1.00. The van der Waals surface area contributed by atoms with Gasteiger partial charge < -0.3 is 5.32 Å². The molecular weight excluding hydrogens is 342 g/mol. The van der Waals surface area contributed by atoms with Gasteiger partial charge in [0, 0.05) is 27.2 Å². The van der Waals surface area contributed by atoms with Gasteiger partial charge in [0.1, 0.15) is 0 Å². The van der Waals surface area contributed by atoms with E-state index < -0.39 is 0 Å². The molecule has 0 aliphatic heterocycles. The zero-order chi connectivity index (χ0) is 15.3. The van der Waals surface area contributed by atoms with Crippen LogP contribution in [-0.4, -0.2) is 5.54 Å². The Morgan fingerprint density at radius 1 is 1.00 bits per heavy atom. The molecule has 0 spiro atoms. The van der Waals surface area contributed by atoms with Crippen molar-refractivity contribution in [1.82, 2.24) is 5.32 Å². The van der Waals surface area contributed by atoms with Crippen LogP contribution in [-0.2, 0) is 12.3 Å². The maximum atomic E-state index is 3.53. The van der Waals surface area contributed by atoms with Crippen molar-refractivity contribution in [3.05, 3.63) is 64.1 Å². The van der Waals surface area contributed by atoms with E-state index >= 15 is 0 Å². The first kappa shape index (κ1) is 16.6. The maximum Gasteiger partial charge on any atom is 0.0232 e. The smallest absolute Gasteiger partial charge is 0.0232 e. The summed E-state index contributed by atoms with van der Waals surface area (Å²) in [4.78, 5) is 1.33. The molecule has 0 amide bonds. The molecular formula is C18H22BrNS. The molecule has 0 unspecified atom stereocenters. The van der Waals surface area contributed by atoms with Crippen LogP contribution < -0.4 is 5.32 Å². The van der Waals surface area contributed by atoms with Crippen LogP contribution in [0.15, 0.2) is 57.9 Å². The predicted octanol–water partition coefficient (Wildman–Crippen LogP) is 5.63. The molecule has 2 aromatic carbocycles. The van der Waals surface area contributed by atoms with E-state index in [1.807, 2.05) is 11.8 Å². The quantitative estimate of drug-likeness (QED) is 0.690. The first-order valence-corrected chi connectivity index (χ1v) is 8.91. The Balaban J connectivity index is 1.93. The second-order valence-corrected chi connectivity index (χ2v) is 8.13. The monoisotopic (exact) mass is 363 g/mol.